The summed E-state index contributed by atoms with van der Waals surface area (Å²) in [6, 6.07) is 66.6. The maximum absolute atomic E-state index is 5.37. The average molecular weight is 650 g/mol. The van der Waals surface area contributed by atoms with E-state index in [0.29, 0.717) is 0 Å². The van der Waals surface area contributed by atoms with Crippen LogP contribution in [0.4, 0.5) is 0 Å². The second kappa shape index (κ2) is 11.9. The fraction of sp³-hybridized carbons (Fsp3) is 0. The fourth-order valence-corrected chi connectivity index (χ4v) is 7.61. The summed E-state index contributed by atoms with van der Waals surface area (Å²) >= 11 is 0. The van der Waals surface area contributed by atoms with E-state index in [1.54, 1.807) is 0 Å². The Morgan fingerprint density at radius 2 is 0.941 bits per heavy atom. The second-order valence-corrected chi connectivity index (χ2v) is 13.0. The molecule has 0 N–H and O–H groups in total. The number of hydrogen-bond acceptors (Lipinski definition) is 2. The quantitative estimate of drug-likeness (QED) is 0.174. The molecule has 0 atom stereocenters. The molecule has 0 fully saturated rings. The molecule has 0 bridgehead atoms. The summed E-state index contributed by atoms with van der Waals surface area (Å²) in [6.07, 6.45) is 0. The van der Waals surface area contributed by atoms with Crippen molar-refractivity contribution in [1.29, 1.82) is 0 Å². The summed E-state index contributed by atoms with van der Waals surface area (Å²) in [5, 5.41) is 5.93. The first-order valence-electron chi connectivity index (χ1n) is 17.3. The van der Waals surface area contributed by atoms with Crippen molar-refractivity contribution >= 4 is 43.5 Å². The molecule has 0 aliphatic rings. The Labute approximate surface area is 295 Å². The molecule has 0 radical (unpaired) electrons. The summed E-state index contributed by atoms with van der Waals surface area (Å²) in [5.74, 6) is 0. The maximum atomic E-state index is 5.37. The van der Waals surface area contributed by atoms with Crippen molar-refractivity contribution in [1.82, 2.24) is 14.5 Å². The molecule has 51 heavy (non-hydrogen) atoms. The monoisotopic (exact) mass is 649 g/mol. The molecule has 10 rings (SSSR count). The summed E-state index contributed by atoms with van der Waals surface area (Å²) in [6.45, 7) is 0. The first-order chi connectivity index (χ1) is 25.3. The highest BCUT2D eigenvalue weighted by Gasteiger charge is 2.20. The van der Waals surface area contributed by atoms with Crippen molar-refractivity contribution in [3.63, 3.8) is 0 Å². The van der Waals surface area contributed by atoms with Gasteiger partial charge in [-0.25, -0.2) is 9.97 Å². The molecular formula is C48H31N3. The van der Waals surface area contributed by atoms with Gasteiger partial charge in [0.2, 0.25) is 0 Å². The van der Waals surface area contributed by atoms with Gasteiger partial charge in [0.1, 0.15) is 0 Å². The zero-order chi connectivity index (χ0) is 33.7. The van der Waals surface area contributed by atoms with Crippen LogP contribution < -0.4 is 0 Å². The van der Waals surface area contributed by atoms with Crippen LogP contribution in [0.1, 0.15) is 0 Å². The lowest BCUT2D eigenvalue weighted by molar-refractivity contribution is 1.19. The van der Waals surface area contributed by atoms with E-state index in [9.17, 15) is 0 Å². The van der Waals surface area contributed by atoms with Gasteiger partial charge in [0.25, 0.3) is 0 Å². The lowest BCUT2D eigenvalue weighted by atomic mass is 9.95. The van der Waals surface area contributed by atoms with Crippen LogP contribution in [-0.4, -0.2) is 14.5 Å². The molecule has 0 saturated carbocycles. The molecule has 10 aromatic rings. The van der Waals surface area contributed by atoms with Crippen molar-refractivity contribution < 1.29 is 0 Å². The molecular weight excluding hydrogens is 619 g/mol. The number of fused-ring (bicyclic) bond motifs is 7. The van der Waals surface area contributed by atoms with Gasteiger partial charge >= 0.3 is 0 Å². The zero-order valence-electron chi connectivity index (χ0n) is 27.7. The summed E-state index contributed by atoms with van der Waals surface area (Å²) in [4.78, 5) is 10.6. The third-order valence-electron chi connectivity index (χ3n) is 9.95. The molecule has 7 aromatic carbocycles. The summed E-state index contributed by atoms with van der Waals surface area (Å²) in [7, 11) is 0. The van der Waals surface area contributed by atoms with Crippen LogP contribution in [0.2, 0.25) is 0 Å². The van der Waals surface area contributed by atoms with Crippen LogP contribution in [0.15, 0.2) is 188 Å². The molecule has 3 heteroatoms. The van der Waals surface area contributed by atoms with Crippen molar-refractivity contribution in [2.75, 3.05) is 0 Å². The summed E-state index contributed by atoms with van der Waals surface area (Å²) in [5.41, 5.74) is 12.8. The average Bonchev–Trinajstić information content (AvgIpc) is 3.56. The maximum Gasteiger partial charge on any atom is 0.0789 e. The van der Waals surface area contributed by atoms with Crippen LogP contribution in [0.25, 0.3) is 94.1 Å². The number of rotatable bonds is 5. The van der Waals surface area contributed by atoms with Crippen LogP contribution in [-0.2, 0) is 0 Å². The van der Waals surface area contributed by atoms with E-state index in [0.717, 1.165) is 66.9 Å². The SMILES string of the molecule is c1ccc(-c2cc(-c3ccccc3)nc(-c3cccc(-c4nc5ccccc5c5c4ccc4c6ccccc6n(-c6ccccc6)c45)c3)c2)cc1. The number of aromatic nitrogens is 3. The van der Waals surface area contributed by atoms with Crippen LogP contribution >= 0.6 is 0 Å². The smallest absolute Gasteiger partial charge is 0.0789 e. The molecule has 3 nitrogen and oxygen atoms in total. The van der Waals surface area contributed by atoms with Gasteiger partial charge in [-0.1, -0.05) is 146 Å². The van der Waals surface area contributed by atoms with Gasteiger partial charge in [-0.05, 0) is 53.6 Å². The van der Waals surface area contributed by atoms with E-state index in [-0.39, 0.29) is 0 Å². The normalized spacial score (nSPS) is 11.5. The molecule has 0 saturated heterocycles. The van der Waals surface area contributed by atoms with Crippen molar-refractivity contribution in [2.24, 2.45) is 0 Å². The summed E-state index contributed by atoms with van der Waals surface area (Å²) < 4.78 is 2.42. The van der Waals surface area contributed by atoms with Crippen LogP contribution in [0.5, 0.6) is 0 Å². The lowest BCUT2D eigenvalue weighted by Crippen LogP contribution is -1.96. The second-order valence-electron chi connectivity index (χ2n) is 13.0. The number of pyridine rings is 2. The van der Waals surface area contributed by atoms with Gasteiger partial charge < -0.3 is 4.57 Å². The Morgan fingerprint density at radius 3 is 1.73 bits per heavy atom. The van der Waals surface area contributed by atoms with E-state index in [2.05, 4.69) is 187 Å². The largest absolute Gasteiger partial charge is 0.309 e. The van der Waals surface area contributed by atoms with Crippen molar-refractivity contribution in [3.8, 4) is 50.6 Å². The minimum Gasteiger partial charge on any atom is -0.309 e. The minimum atomic E-state index is 0.925. The van der Waals surface area contributed by atoms with E-state index in [1.807, 2.05) is 6.07 Å². The topological polar surface area (TPSA) is 30.7 Å². The first-order valence-corrected chi connectivity index (χ1v) is 17.3. The predicted octanol–water partition coefficient (Wildman–Crippen LogP) is 12.5. The molecule has 0 spiro atoms. The Kier molecular flexibility index (Phi) is 6.81. The van der Waals surface area contributed by atoms with E-state index < -0.39 is 0 Å². The zero-order valence-corrected chi connectivity index (χ0v) is 27.7. The standard InChI is InChI=1S/C48H31N3/c1-4-15-32(16-5-1)36-30-43(33-17-6-2-7-18-33)49-44(31-36)34-19-14-20-35(29-34)47-41-28-27-39-38-23-11-13-26-45(38)51(37-21-8-3-9-22-37)48(39)46(41)40-24-10-12-25-42(40)50-47/h1-31H. The minimum absolute atomic E-state index is 0.925. The Hall–Kier alpha value is -6.84. The third-order valence-corrected chi connectivity index (χ3v) is 9.95. The molecule has 0 aliphatic carbocycles. The van der Waals surface area contributed by atoms with Crippen molar-refractivity contribution in [3.05, 3.63) is 188 Å². The van der Waals surface area contributed by atoms with Gasteiger partial charge in [-0.15, -0.1) is 0 Å². The van der Waals surface area contributed by atoms with Gasteiger partial charge in [0, 0.05) is 49.3 Å². The van der Waals surface area contributed by atoms with E-state index >= 15 is 0 Å². The molecule has 0 amide bonds. The van der Waals surface area contributed by atoms with Crippen molar-refractivity contribution in [2.45, 2.75) is 0 Å². The van der Waals surface area contributed by atoms with Gasteiger partial charge in [-0.3, -0.25) is 0 Å². The molecule has 0 unspecified atom stereocenters. The van der Waals surface area contributed by atoms with E-state index in [4.69, 9.17) is 9.97 Å². The lowest BCUT2D eigenvalue weighted by Gasteiger charge is -2.15. The van der Waals surface area contributed by atoms with Gasteiger partial charge in [0.05, 0.1) is 33.6 Å². The van der Waals surface area contributed by atoms with Gasteiger partial charge in [-0.2, -0.15) is 0 Å². The highest BCUT2D eigenvalue weighted by molar-refractivity contribution is 6.26. The first kappa shape index (κ1) is 29.1. The Morgan fingerprint density at radius 1 is 0.353 bits per heavy atom. The molecule has 0 aliphatic heterocycles. The third kappa shape index (κ3) is 4.90. The van der Waals surface area contributed by atoms with Gasteiger partial charge in [0.15, 0.2) is 0 Å². The van der Waals surface area contributed by atoms with Crippen LogP contribution in [0.3, 0.4) is 0 Å². The number of hydrogen-bond donors (Lipinski definition) is 0. The van der Waals surface area contributed by atoms with E-state index in [1.165, 1.54) is 27.2 Å². The highest BCUT2D eigenvalue weighted by Crippen LogP contribution is 2.42. The van der Waals surface area contributed by atoms with Crippen LogP contribution in [0, 0.1) is 0 Å². The number of nitrogens with zero attached hydrogens (tertiary/aromatic N) is 3. The Balaban J connectivity index is 1.24. The molecule has 3 heterocycles. The molecule has 3 aromatic heterocycles. The number of para-hydroxylation sites is 3. The molecule has 238 valence electrons. The predicted molar refractivity (Wildman–Crippen MR) is 213 cm³/mol. The Bertz CT molecular complexity index is 2830. The number of benzene rings is 7. The highest BCUT2D eigenvalue weighted by atomic mass is 15.0. The fourth-order valence-electron chi connectivity index (χ4n) is 7.61.